The molecule has 0 saturated heterocycles. The first-order valence-corrected chi connectivity index (χ1v) is 7.18. The second-order valence-corrected chi connectivity index (χ2v) is 5.72. The highest BCUT2D eigenvalue weighted by Gasteiger charge is 2.07. The Kier molecular flexibility index (Phi) is 4.91. The second kappa shape index (κ2) is 6.48. The smallest absolute Gasteiger partial charge is 0.248 e. The number of amides is 1. The summed E-state index contributed by atoms with van der Waals surface area (Å²) in [7, 11) is 0. The van der Waals surface area contributed by atoms with E-state index in [9.17, 15) is 4.79 Å². The fourth-order valence-electron chi connectivity index (χ4n) is 1.56. The maximum atomic E-state index is 11.0. The number of carbonyl (C=O) groups is 1. The molecule has 0 fully saturated rings. The summed E-state index contributed by atoms with van der Waals surface area (Å²) in [5.74, 6) is 0.128. The number of primary amides is 1. The third kappa shape index (κ3) is 3.66. The fraction of sp³-hybridized carbons (Fsp3) is 0.0714. The number of hydrogen-bond acceptors (Lipinski definition) is 2. The van der Waals surface area contributed by atoms with Crippen LogP contribution in [-0.2, 0) is 6.61 Å². The van der Waals surface area contributed by atoms with E-state index in [0.29, 0.717) is 32.4 Å². The summed E-state index contributed by atoms with van der Waals surface area (Å²) in [5.41, 5.74) is 6.51. The van der Waals surface area contributed by atoms with Gasteiger partial charge in [0.1, 0.15) is 12.4 Å². The molecular formula is C14H10BrCl2NO2. The molecule has 2 aromatic carbocycles. The highest BCUT2D eigenvalue weighted by Crippen LogP contribution is 2.28. The zero-order chi connectivity index (χ0) is 14.7. The van der Waals surface area contributed by atoms with Gasteiger partial charge in [0.15, 0.2) is 0 Å². The molecule has 2 rings (SSSR count). The molecule has 0 saturated carbocycles. The van der Waals surface area contributed by atoms with Crippen molar-refractivity contribution < 1.29 is 9.53 Å². The van der Waals surface area contributed by atoms with Crippen LogP contribution in [0.3, 0.4) is 0 Å². The maximum Gasteiger partial charge on any atom is 0.248 e. The van der Waals surface area contributed by atoms with Crippen molar-refractivity contribution >= 4 is 45.0 Å². The lowest BCUT2D eigenvalue weighted by Crippen LogP contribution is -2.10. The SMILES string of the molecule is NC(=O)c1ccc(OCc2ccc(Cl)c(Cl)c2)c(Br)c1. The lowest BCUT2D eigenvalue weighted by Gasteiger charge is -2.09. The second-order valence-electron chi connectivity index (χ2n) is 4.05. The molecule has 1 amide bonds. The topological polar surface area (TPSA) is 52.3 Å². The maximum absolute atomic E-state index is 11.0. The predicted octanol–water partition coefficient (Wildman–Crippen LogP) is 4.43. The van der Waals surface area contributed by atoms with E-state index in [-0.39, 0.29) is 0 Å². The Labute approximate surface area is 134 Å². The summed E-state index contributed by atoms with van der Waals surface area (Å²) in [6.07, 6.45) is 0. The zero-order valence-electron chi connectivity index (χ0n) is 10.2. The van der Waals surface area contributed by atoms with Gasteiger partial charge in [-0.3, -0.25) is 4.79 Å². The minimum absolute atomic E-state index is 0.339. The first-order chi connectivity index (χ1) is 9.47. The van der Waals surface area contributed by atoms with Gasteiger partial charge in [0.2, 0.25) is 5.91 Å². The van der Waals surface area contributed by atoms with Crippen molar-refractivity contribution in [2.45, 2.75) is 6.61 Å². The predicted molar refractivity (Wildman–Crippen MR) is 83.5 cm³/mol. The molecule has 2 aromatic rings. The summed E-state index contributed by atoms with van der Waals surface area (Å²) in [6, 6.07) is 10.2. The molecule has 0 radical (unpaired) electrons. The Morgan fingerprint density at radius 1 is 1.15 bits per heavy atom. The highest BCUT2D eigenvalue weighted by molar-refractivity contribution is 9.10. The van der Waals surface area contributed by atoms with Gasteiger partial charge in [0, 0.05) is 5.56 Å². The minimum atomic E-state index is -0.485. The monoisotopic (exact) mass is 373 g/mol. The number of rotatable bonds is 4. The molecule has 104 valence electrons. The van der Waals surface area contributed by atoms with E-state index >= 15 is 0 Å². The van der Waals surface area contributed by atoms with Crippen molar-refractivity contribution in [3.63, 3.8) is 0 Å². The largest absolute Gasteiger partial charge is 0.488 e. The van der Waals surface area contributed by atoms with Crippen LogP contribution in [0.15, 0.2) is 40.9 Å². The molecule has 6 heteroatoms. The summed E-state index contributed by atoms with van der Waals surface area (Å²) in [4.78, 5) is 11.0. The lowest BCUT2D eigenvalue weighted by molar-refractivity contribution is 0.1000. The normalized spacial score (nSPS) is 10.3. The van der Waals surface area contributed by atoms with Crippen molar-refractivity contribution in [3.8, 4) is 5.75 Å². The molecule has 0 spiro atoms. The van der Waals surface area contributed by atoms with E-state index in [0.717, 1.165) is 5.56 Å². The van der Waals surface area contributed by atoms with E-state index < -0.39 is 5.91 Å². The van der Waals surface area contributed by atoms with Crippen LogP contribution in [-0.4, -0.2) is 5.91 Å². The number of carbonyl (C=O) groups excluding carboxylic acids is 1. The summed E-state index contributed by atoms with van der Waals surface area (Å²) >= 11 is 15.1. The summed E-state index contributed by atoms with van der Waals surface area (Å²) in [5, 5.41) is 0.985. The van der Waals surface area contributed by atoms with Crippen LogP contribution in [0.5, 0.6) is 5.75 Å². The van der Waals surface area contributed by atoms with Crippen molar-refractivity contribution in [1.29, 1.82) is 0 Å². The van der Waals surface area contributed by atoms with Crippen LogP contribution in [0.1, 0.15) is 15.9 Å². The lowest BCUT2D eigenvalue weighted by atomic mass is 10.2. The van der Waals surface area contributed by atoms with Gasteiger partial charge in [-0.25, -0.2) is 0 Å². The quantitative estimate of drug-likeness (QED) is 0.860. The van der Waals surface area contributed by atoms with Gasteiger partial charge in [-0.15, -0.1) is 0 Å². The average Bonchev–Trinajstić information content (AvgIpc) is 2.41. The molecule has 3 nitrogen and oxygen atoms in total. The van der Waals surface area contributed by atoms with Gasteiger partial charge in [0.25, 0.3) is 0 Å². The van der Waals surface area contributed by atoms with E-state index in [1.54, 1.807) is 30.3 Å². The van der Waals surface area contributed by atoms with Crippen molar-refractivity contribution in [2.75, 3.05) is 0 Å². The third-order valence-electron chi connectivity index (χ3n) is 2.59. The first-order valence-electron chi connectivity index (χ1n) is 5.63. The third-order valence-corrected chi connectivity index (χ3v) is 3.95. The Bertz CT molecular complexity index is 662. The summed E-state index contributed by atoms with van der Waals surface area (Å²) in [6.45, 7) is 0.339. The van der Waals surface area contributed by atoms with Gasteiger partial charge >= 0.3 is 0 Å². The Morgan fingerprint density at radius 2 is 1.90 bits per heavy atom. The molecule has 20 heavy (non-hydrogen) atoms. The van der Waals surface area contributed by atoms with Gasteiger partial charge in [-0.1, -0.05) is 29.3 Å². The van der Waals surface area contributed by atoms with Gasteiger partial charge < -0.3 is 10.5 Å². The van der Waals surface area contributed by atoms with Crippen LogP contribution in [0.25, 0.3) is 0 Å². The van der Waals surface area contributed by atoms with Crippen LogP contribution in [0.2, 0.25) is 10.0 Å². The number of benzene rings is 2. The van der Waals surface area contributed by atoms with E-state index in [4.69, 9.17) is 33.7 Å². The Morgan fingerprint density at radius 3 is 2.50 bits per heavy atom. The number of halogens is 3. The van der Waals surface area contributed by atoms with E-state index in [2.05, 4.69) is 15.9 Å². The number of ether oxygens (including phenoxy) is 1. The van der Waals surface area contributed by atoms with Crippen LogP contribution in [0.4, 0.5) is 0 Å². The molecule has 2 N–H and O–H groups in total. The molecule has 0 unspecified atom stereocenters. The highest BCUT2D eigenvalue weighted by atomic mass is 79.9. The number of hydrogen-bond donors (Lipinski definition) is 1. The van der Waals surface area contributed by atoms with Crippen LogP contribution < -0.4 is 10.5 Å². The molecule has 0 aliphatic carbocycles. The van der Waals surface area contributed by atoms with Crippen molar-refractivity contribution in [2.24, 2.45) is 5.73 Å². The summed E-state index contributed by atoms with van der Waals surface area (Å²) < 4.78 is 6.31. The fourth-order valence-corrected chi connectivity index (χ4v) is 2.38. The molecule has 0 heterocycles. The van der Waals surface area contributed by atoms with Crippen molar-refractivity contribution in [1.82, 2.24) is 0 Å². The molecule has 0 aliphatic rings. The molecular weight excluding hydrogens is 365 g/mol. The first kappa shape index (κ1) is 15.2. The van der Waals surface area contributed by atoms with Gasteiger partial charge in [0.05, 0.1) is 14.5 Å². The van der Waals surface area contributed by atoms with Gasteiger partial charge in [-0.2, -0.15) is 0 Å². The Balaban J connectivity index is 2.10. The van der Waals surface area contributed by atoms with Gasteiger partial charge in [-0.05, 0) is 51.8 Å². The average molecular weight is 375 g/mol. The zero-order valence-corrected chi connectivity index (χ0v) is 13.3. The number of nitrogens with two attached hydrogens (primary N) is 1. The standard InChI is InChI=1S/C14H10BrCl2NO2/c15-10-6-9(14(18)19)2-4-13(10)20-7-8-1-3-11(16)12(17)5-8/h1-6H,7H2,(H2,18,19). The Hall–Kier alpha value is -1.23. The minimum Gasteiger partial charge on any atom is -0.488 e. The van der Waals surface area contributed by atoms with Crippen LogP contribution >= 0.6 is 39.1 Å². The molecule has 0 bridgehead atoms. The van der Waals surface area contributed by atoms with Crippen LogP contribution in [0, 0.1) is 0 Å². The van der Waals surface area contributed by atoms with E-state index in [1.807, 2.05) is 6.07 Å². The molecule has 0 aliphatic heterocycles. The molecule has 0 atom stereocenters. The van der Waals surface area contributed by atoms with Crippen molar-refractivity contribution in [3.05, 3.63) is 62.0 Å². The molecule has 0 aromatic heterocycles. The van der Waals surface area contributed by atoms with E-state index in [1.165, 1.54) is 0 Å².